The van der Waals surface area contributed by atoms with Crippen LogP contribution in [-0.2, 0) is 4.79 Å². The molecule has 0 bridgehead atoms. The molecular weight excluding hydrogens is 352 g/mol. The minimum absolute atomic E-state index is 0.0762. The van der Waals surface area contributed by atoms with Crippen LogP contribution in [0.1, 0.15) is 30.9 Å². The van der Waals surface area contributed by atoms with Gasteiger partial charge in [0.15, 0.2) is 6.04 Å². The molecule has 2 N–H and O–H groups in total. The number of nitrogens with one attached hydrogen (secondary N) is 2. The Morgan fingerprint density at radius 2 is 1.78 bits per heavy atom. The second kappa shape index (κ2) is 6.85. The van der Waals surface area contributed by atoms with Gasteiger partial charge in [0.25, 0.3) is 5.91 Å². The largest absolute Gasteiger partial charge is 0.324 e. The lowest BCUT2D eigenvalue weighted by atomic mass is 9.80. The van der Waals surface area contributed by atoms with Crippen molar-refractivity contribution in [3.8, 4) is 0 Å². The number of anilines is 1. The molecule has 1 aliphatic rings. The van der Waals surface area contributed by atoms with Gasteiger partial charge in [-0.2, -0.15) is 0 Å². The minimum Gasteiger partial charge on any atom is -0.324 e. The Morgan fingerprint density at radius 3 is 2.43 bits per heavy atom. The molecule has 3 nitrogen and oxygen atoms in total. The van der Waals surface area contributed by atoms with Gasteiger partial charge < -0.3 is 10.2 Å². The molecule has 1 heterocycles. The molecule has 2 aromatic rings. The number of halogens is 1. The third-order valence-electron chi connectivity index (χ3n) is 4.73. The van der Waals surface area contributed by atoms with Crippen molar-refractivity contribution in [2.45, 2.75) is 25.8 Å². The summed E-state index contributed by atoms with van der Waals surface area (Å²) in [6.07, 6.45) is 0. The van der Waals surface area contributed by atoms with Crippen LogP contribution >= 0.6 is 15.9 Å². The maximum atomic E-state index is 12.8. The number of carbonyl (C=O) groups excluding carboxylic acids is 1. The van der Waals surface area contributed by atoms with E-state index < -0.39 is 0 Å². The number of carbonyl (C=O) groups is 1. The van der Waals surface area contributed by atoms with Gasteiger partial charge in [0.05, 0.1) is 19.0 Å². The van der Waals surface area contributed by atoms with Gasteiger partial charge in [-0.15, -0.1) is 0 Å². The lowest BCUT2D eigenvalue weighted by Crippen LogP contribution is -3.17. The summed E-state index contributed by atoms with van der Waals surface area (Å²) in [6.45, 7) is 6.15. The van der Waals surface area contributed by atoms with Gasteiger partial charge in [-0.05, 0) is 43.2 Å². The summed E-state index contributed by atoms with van der Waals surface area (Å²) in [4.78, 5) is 14.1. The molecule has 120 valence electrons. The van der Waals surface area contributed by atoms with Gasteiger partial charge in [-0.1, -0.05) is 46.3 Å². The van der Waals surface area contributed by atoms with Crippen LogP contribution in [0, 0.1) is 0 Å². The van der Waals surface area contributed by atoms with E-state index >= 15 is 0 Å². The maximum Gasteiger partial charge on any atom is 0.283 e. The third-order valence-corrected chi connectivity index (χ3v) is 5.22. The zero-order chi connectivity index (χ0) is 16.4. The van der Waals surface area contributed by atoms with Crippen LogP contribution in [-0.4, -0.2) is 25.0 Å². The first-order chi connectivity index (χ1) is 11.2. The van der Waals surface area contributed by atoms with E-state index in [9.17, 15) is 4.79 Å². The maximum absolute atomic E-state index is 12.8. The number of amides is 1. The smallest absolute Gasteiger partial charge is 0.283 e. The van der Waals surface area contributed by atoms with Crippen molar-refractivity contribution in [3.63, 3.8) is 0 Å². The zero-order valence-electron chi connectivity index (χ0n) is 13.5. The lowest BCUT2D eigenvalue weighted by Gasteiger charge is -2.37. The second-order valence-corrected chi connectivity index (χ2v) is 6.87. The van der Waals surface area contributed by atoms with E-state index in [4.69, 9.17) is 0 Å². The molecule has 0 saturated heterocycles. The summed E-state index contributed by atoms with van der Waals surface area (Å²) in [5, 5.41) is 3.11. The molecule has 0 aliphatic carbocycles. The molecule has 4 heteroatoms. The first-order valence-corrected chi connectivity index (χ1v) is 8.94. The van der Waals surface area contributed by atoms with E-state index in [1.807, 2.05) is 30.3 Å². The number of likely N-dealkylation sites (N-methyl/N-ethyl adjacent to an activating group) is 1. The summed E-state index contributed by atoms with van der Waals surface area (Å²) in [5.74, 6) is 0.194. The van der Waals surface area contributed by atoms with Crippen LogP contribution in [0.5, 0.6) is 0 Å². The SMILES string of the molecule is CC[NH+](CC)[C@H]1C(=O)Nc2ccc(Br)cc2[C@@H]1c1ccccc1. The average Bonchev–Trinajstić information content (AvgIpc) is 2.57. The average molecular weight is 374 g/mol. The Kier molecular flexibility index (Phi) is 4.83. The highest BCUT2D eigenvalue weighted by atomic mass is 79.9. The van der Waals surface area contributed by atoms with Crippen LogP contribution < -0.4 is 10.2 Å². The highest BCUT2D eigenvalue weighted by Gasteiger charge is 2.42. The molecule has 0 saturated carbocycles. The molecule has 1 amide bonds. The number of rotatable bonds is 4. The van der Waals surface area contributed by atoms with Gasteiger partial charge in [0.2, 0.25) is 0 Å². The van der Waals surface area contributed by atoms with Crippen molar-refractivity contribution in [2.75, 3.05) is 18.4 Å². The number of benzene rings is 2. The zero-order valence-corrected chi connectivity index (χ0v) is 15.1. The minimum atomic E-state index is -0.103. The monoisotopic (exact) mass is 373 g/mol. The third kappa shape index (κ3) is 3.06. The second-order valence-electron chi connectivity index (χ2n) is 5.95. The van der Waals surface area contributed by atoms with Crippen LogP contribution in [0.4, 0.5) is 5.69 Å². The first kappa shape index (κ1) is 16.2. The summed E-state index contributed by atoms with van der Waals surface area (Å²) in [6, 6.07) is 16.4. The lowest BCUT2D eigenvalue weighted by molar-refractivity contribution is -0.913. The Bertz CT molecular complexity index is 698. The predicted octanol–water partition coefficient (Wildman–Crippen LogP) is 2.83. The summed E-state index contributed by atoms with van der Waals surface area (Å²) in [5.41, 5.74) is 3.32. The molecule has 2 aromatic carbocycles. The molecular formula is C19H22BrN2O+. The van der Waals surface area contributed by atoms with Crippen LogP contribution in [0.15, 0.2) is 53.0 Å². The summed E-state index contributed by atoms with van der Waals surface area (Å²) < 4.78 is 1.04. The molecule has 3 rings (SSSR count). The number of fused-ring (bicyclic) bond motifs is 1. The number of hydrogen-bond donors (Lipinski definition) is 2. The fourth-order valence-electron chi connectivity index (χ4n) is 3.59. The molecule has 1 aliphatic heterocycles. The number of quaternary nitrogens is 1. The topological polar surface area (TPSA) is 33.5 Å². The van der Waals surface area contributed by atoms with Crippen molar-refractivity contribution >= 4 is 27.5 Å². The van der Waals surface area contributed by atoms with Crippen molar-refractivity contribution in [1.29, 1.82) is 0 Å². The highest BCUT2D eigenvalue weighted by molar-refractivity contribution is 9.10. The van der Waals surface area contributed by atoms with E-state index in [1.165, 1.54) is 16.0 Å². The van der Waals surface area contributed by atoms with Gasteiger partial charge >= 0.3 is 0 Å². The van der Waals surface area contributed by atoms with Gasteiger partial charge in [-0.3, -0.25) is 4.79 Å². The molecule has 0 fully saturated rings. The molecule has 0 radical (unpaired) electrons. The highest BCUT2D eigenvalue weighted by Crippen LogP contribution is 2.37. The molecule has 23 heavy (non-hydrogen) atoms. The molecule has 0 spiro atoms. The fourth-order valence-corrected chi connectivity index (χ4v) is 3.97. The van der Waals surface area contributed by atoms with E-state index in [-0.39, 0.29) is 17.9 Å². The van der Waals surface area contributed by atoms with Gasteiger partial charge in [0, 0.05) is 10.2 Å². The van der Waals surface area contributed by atoms with E-state index in [1.54, 1.807) is 0 Å². The Balaban J connectivity index is 2.17. The molecule has 0 unspecified atom stereocenters. The summed E-state index contributed by atoms with van der Waals surface area (Å²) >= 11 is 3.58. The van der Waals surface area contributed by atoms with Crippen molar-refractivity contribution < 1.29 is 9.69 Å². The van der Waals surface area contributed by atoms with E-state index in [2.05, 4.69) is 53.3 Å². The van der Waals surface area contributed by atoms with Crippen LogP contribution in [0.3, 0.4) is 0 Å². The fraction of sp³-hybridized carbons (Fsp3) is 0.316. The van der Waals surface area contributed by atoms with Crippen LogP contribution in [0.2, 0.25) is 0 Å². The Hall–Kier alpha value is -1.65. The van der Waals surface area contributed by atoms with Crippen LogP contribution in [0.25, 0.3) is 0 Å². The normalized spacial score (nSPS) is 20.3. The first-order valence-electron chi connectivity index (χ1n) is 8.15. The van der Waals surface area contributed by atoms with Crippen molar-refractivity contribution in [1.82, 2.24) is 0 Å². The van der Waals surface area contributed by atoms with Gasteiger partial charge in [-0.25, -0.2) is 0 Å². The quantitative estimate of drug-likeness (QED) is 0.848. The number of hydrogen-bond acceptors (Lipinski definition) is 1. The Labute approximate surface area is 145 Å². The van der Waals surface area contributed by atoms with Crippen molar-refractivity contribution in [3.05, 3.63) is 64.1 Å². The van der Waals surface area contributed by atoms with E-state index in [0.717, 1.165) is 23.2 Å². The van der Waals surface area contributed by atoms with E-state index in [0.29, 0.717) is 0 Å². The summed E-state index contributed by atoms with van der Waals surface area (Å²) in [7, 11) is 0. The molecule has 2 atom stereocenters. The Morgan fingerprint density at radius 1 is 1.09 bits per heavy atom. The van der Waals surface area contributed by atoms with Crippen molar-refractivity contribution in [2.24, 2.45) is 0 Å². The molecule has 0 aromatic heterocycles. The predicted molar refractivity (Wildman–Crippen MR) is 96.9 cm³/mol. The van der Waals surface area contributed by atoms with Gasteiger partial charge in [0.1, 0.15) is 0 Å². The standard InChI is InChI=1S/C19H21BrN2O/c1-3-22(4-2)18-17(13-8-6-5-7-9-13)15-12-14(20)10-11-16(15)21-19(18)23/h5-12,17-18H,3-4H2,1-2H3,(H,21,23)/p+1/t17-,18+/m0/s1.